The standard InChI is InChI=1S/C23H23N5O.ClH/c1-16(14-24)15-25-23(29)20-13-22-26-19(17-8-4-2-5-9-17)12-21(28(22)27-20)18-10-6-3-7-11-18;/h2-13,16H,14-15,24H2,1H3,(H,25,29);1H. The van der Waals surface area contributed by atoms with E-state index in [9.17, 15) is 4.79 Å². The van der Waals surface area contributed by atoms with E-state index in [1.54, 1.807) is 10.6 Å². The van der Waals surface area contributed by atoms with Crippen molar-refractivity contribution in [3.63, 3.8) is 0 Å². The molecular weight excluding hydrogens is 398 g/mol. The van der Waals surface area contributed by atoms with Gasteiger partial charge in [0.25, 0.3) is 5.91 Å². The summed E-state index contributed by atoms with van der Waals surface area (Å²) < 4.78 is 1.73. The van der Waals surface area contributed by atoms with Crippen molar-refractivity contribution in [2.75, 3.05) is 13.1 Å². The van der Waals surface area contributed by atoms with Crippen molar-refractivity contribution in [2.24, 2.45) is 11.7 Å². The summed E-state index contributed by atoms with van der Waals surface area (Å²) in [4.78, 5) is 17.3. The third-order valence-electron chi connectivity index (χ3n) is 4.81. The highest BCUT2D eigenvalue weighted by molar-refractivity contribution is 5.93. The molecule has 0 fully saturated rings. The number of carbonyl (C=O) groups excluding carboxylic acids is 1. The number of fused-ring (bicyclic) bond motifs is 1. The van der Waals surface area contributed by atoms with E-state index >= 15 is 0 Å². The van der Waals surface area contributed by atoms with Crippen LogP contribution in [0.2, 0.25) is 0 Å². The summed E-state index contributed by atoms with van der Waals surface area (Å²) in [5.74, 6) is -0.0188. The SMILES string of the molecule is CC(CN)CNC(=O)c1cc2nc(-c3ccccc3)cc(-c3ccccc3)n2n1.Cl. The van der Waals surface area contributed by atoms with Crippen molar-refractivity contribution >= 4 is 24.0 Å². The van der Waals surface area contributed by atoms with Crippen LogP contribution in [0, 0.1) is 5.92 Å². The topological polar surface area (TPSA) is 85.3 Å². The molecule has 2 aromatic heterocycles. The van der Waals surface area contributed by atoms with E-state index in [1.165, 1.54) is 0 Å². The molecule has 0 aliphatic heterocycles. The Balaban J connectivity index is 0.00000256. The minimum Gasteiger partial charge on any atom is -0.350 e. The summed E-state index contributed by atoms with van der Waals surface area (Å²) in [5, 5.41) is 7.43. The fourth-order valence-corrected chi connectivity index (χ4v) is 3.10. The molecular formula is C23H24ClN5O. The summed E-state index contributed by atoms with van der Waals surface area (Å²) in [6, 6.07) is 23.7. The van der Waals surface area contributed by atoms with Crippen LogP contribution in [0.15, 0.2) is 72.8 Å². The van der Waals surface area contributed by atoms with Crippen molar-refractivity contribution in [3.05, 3.63) is 78.5 Å². The Morgan fingerprint density at radius 3 is 2.30 bits per heavy atom. The van der Waals surface area contributed by atoms with Gasteiger partial charge in [-0.05, 0) is 18.5 Å². The van der Waals surface area contributed by atoms with Crippen LogP contribution in [-0.2, 0) is 0 Å². The summed E-state index contributed by atoms with van der Waals surface area (Å²) in [6.07, 6.45) is 0. The van der Waals surface area contributed by atoms with Crippen LogP contribution < -0.4 is 11.1 Å². The quantitative estimate of drug-likeness (QED) is 0.495. The zero-order chi connectivity index (χ0) is 20.2. The van der Waals surface area contributed by atoms with E-state index in [-0.39, 0.29) is 24.2 Å². The van der Waals surface area contributed by atoms with E-state index in [0.29, 0.717) is 24.4 Å². The van der Waals surface area contributed by atoms with Gasteiger partial charge in [0.15, 0.2) is 11.3 Å². The minimum absolute atomic E-state index is 0. The van der Waals surface area contributed by atoms with Crippen LogP contribution in [0.5, 0.6) is 0 Å². The van der Waals surface area contributed by atoms with E-state index in [4.69, 9.17) is 10.7 Å². The second kappa shape index (κ2) is 9.52. The third-order valence-corrected chi connectivity index (χ3v) is 4.81. The maximum atomic E-state index is 12.6. The number of rotatable bonds is 6. The number of hydrogen-bond donors (Lipinski definition) is 2. The van der Waals surface area contributed by atoms with E-state index < -0.39 is 0 Å². The molecule has 7 heteroatoms. The fourth-order valence-electron chi connectivity index (χ4n) is 3.10. The first kappa shape index (κ1) is 21.5. The Morgan fingerprint density at radius 1 is 1.03 bits per heavy atom. The normalized spacial score (nSPS) is 11.7. The largest absolute Gasteiger partial charge is 0.350 e. The maximum Gasteiger partial charge on any atom is 0.271 e. The van der Waals surface area contributed by atoms with Crippen LogP contribution in [-0.4, -0.2) is 33.6 Å². The lowest BCUT2D eigenvalue weighted by molar-refractivity contribution is 0.0943. The van der Waals surface area contributed by atoms with E-state index in [2.05, 4.69) is 10.4 Å². The monoisotopic (exact) mass is 421 g/mol. The van der Waals surface area contributed by atoms with Gasteiger partial charge in [-0.15, -0.1) is 12.4 Å². The molecule has 1 atom stereocenters. The van der Waals surface area contributed by atoms with Gasteiger partial charge < -0.3 is 11.1 Å². The molecule has 0 radical (unpaired) electrons. The Bertz CT molecular complexity index is 1130. The van der Waals surface area contributed by atoms with Gasteiger partial charge in [-0.25, -0.2) is 9.50 Å². The highest BCUT2D eigenvalue weighted by Crippen LogP contribution is 2.26. The number of halogens is 1. The number of benzene rings is 2. The molecule has 0 spiro atoms. The Morgan fingerprint density at radius 2 is 1.67 bits per heavy atom. The predicted octanol–water partition coefficient (Wildman–Crippen LogP) is 3.81. The van der Waals surface area contributed by atoms with E-state index in [1.807, 2.05) is 73.7 Å². The molecule has 0 aliphatic carbocycles. The zero-order valence-electron chi connectivity index (χ0n) is 16.7. The van der Waals surface area contributed by atoms with Crippen LogP contribution in [0.4, 0.5) is 0 Å². The fraction of sp³-hybridized carbons (Fsp3) is 0.174. The molecule has 0 saturated heterocycles. The number of nitrogens with one attached hydrogen (secondary N) is 1. The molecule has 154 valence electrons. The zero-order valence-corrected chi connectivity index (χ0v) is 17.5. The average molecular weight is 422 g/mol. The van der Waals surface area contributed by atoms with Crippen molar-refractivity contribution in [1.82, 2.24) is 19.9 Å². The molecule has 6 nitrogen and oxygen atoms in total. The summed E-state index contributed by atoms with van der Waals surface area (Å²) >= 11 is 0. The molecule has 30 heavy (non-hydrogen) atoms. The molecule has 1 amide bonds. The third kappa shape index (κ3) is 4.50. The van der Waals surface area contributed by atoms with Crippen LogP contribution >= 0.6 is 12.4 Å². The molecule has 2 aromatic carbocycles. The number of nitrogens with zero attached hydrogens (tertiary/aromatic N) is 3. The summed E-state index contributed by atoms with van der Waals surface area (Å²) in [5.41, 5.74) is 10.3. The average Bonchev–Trinajstić information content (AvgIpc) is 3.22. The minimum atomic E-state index is -0.226. The molecule has 1 unspecified atom stereocenters. The second-order valence-corrected chi connectivity index (χ2v) is 7.11. The molecule has 0 saturated carbocycles. The van der Waals surface area contributed by atoms with Gasteiger partial charge in [-0.3, -0.25) is 4.79 Å². The number of aromatic nitrogens is 3. The van der Waals surface area contributed by atoms with Crippen molar-refractivity contribution in [3.8, 4) is 22.5 Å². The van der Waals surface area contributed by atoms with Gasteiger partial charge in [-0.1, -0.05) is 67.6 Å². The first-order valence-electron chi connectivity index (χ1n) is 9.65. The number of carbonyl (C=O) groups is 1. The van der Waals surface area contributed by atoms with Gasteiger partial charge in [0.05, 0.1) is 11.4 Å². The molecule has 0 bridgehead atoms. The lowest BCUT2D eigenvalue weighted by atomic mass is 10.1. The van der Waals surface area contributed by atoms with Crippen LogP contribution in [0.1, 0.15) is 17.4 Å². The smallest absolute Gasteiger partial charge is 0.271 e. The first-order valence-corrected chi connectivity index (χ1v) is 9.65. The van der Waals surface area contributed by atoms with Crippen LogP contribution in [0.25, 0.3) is 28.2 Å². The first-order chi connectivity index (χ1) is 14.2. The van der Waals surface area contributed by atoms with Gasteiger partial charge >= 0.3 is 0 Å². The lowest BCUT2D eigenvalue weighted by Crippen LogP contribution is -2.31. The lowest BCUT2D eigenvalue weighted by Gasteiger charge is -2.09. The molecule has 0 aliphatic rings. The van der Waals surface area contributed by atoms with Crippen molar-refractivity contribution in [2.45, 2.75) is 6.92 Å². The van der Waals surface area contributed by atoms with E-state index in [0.717, 1.165) is 22.5 Å². The number of amides is 1. The predicted molar refractivity (Wildman–Crippen MR) is 122 cm³/mol. The van der Waals surface area contributed by atoms with Gasteiger partial charge in [0.1, 0.15) is 0 Å². The number of hydrogen-bond acceptors (Lipinski definition) is 4. The highest BCUT2D eigenvalue weighted by atomic mass is 35.5. The van der Waals surface area contributed by atoms with Gasteiger partial charge in [0.2, 0.25) is 0 Å². The molecule has 2 heterocycles. The molecule has 3 N–H and O–H groups in total. The van der Waals surface area contributed by atoms with Gasteiger partial charge in [-0.2, -0.15) is 5.10 Å². The Kier molecular flexibility index (Phi) is 6.82. The van der Waals surface area contributed by atoms with Gasteiger partial charge in [0, 0.05) is 23.7 Å². The number of nitrogens with two attached hydrogens (primary N) is 1. The molecule has 4 rings (SSSR count). The Hall–Kier alpha value is -3.22. The van der Waals surface area contributed by atoms with Crippen molar-refractivity contribution in [1.29, 1.82) is 0 Å². The highest BCUT2D eigenvalue weighted by Gasteiger charge is 2.16. The summed E-state index contributed by atoms with van der Waals surface area (Å²) in [6.45, 7) is 3.02. The Labute approximate surface area is 181 Å². The van der Waals surface area contributed by atoms with Crippen LogP contribution in [0.3, 0.4) is 0 Å². The van der Waals surface area contributed by atoms with Crippen molar-refractivity contribution < 1.29 is 4.79 Å². The second-order valence-electron chi connectivity index (χ2n) is 7.11. The maximum absolute atomic E-state index is 12.6. The molecule has 4 aromatic rings. The summed E-state index contributed by atoms with van der Waals surface area (Å²) in [7, 11) is 0.